The lowest BCUT2D eigenvalue weighted by atomic mass is 10.2. The van der Waals surface area contributed by atoms with E-state index in [0.29, 0.717) is 33.7 Å². The molecule has 2 aromatic carbocycles. The molecule has 0 aromatic heterocycles. The van der Waals surface area contributed by atoms with Crippen LogP contribution in [-0.2, 0) is 0 Å². The summed E-state index contributed by atoms with van der Waals surface area (Å²) in [4.78, 5) is 12.5. The summed E-state index contributed by atoms with van der Waals surface area (Å²) in [5.41, 5.74) is 0.888. The maximum absolute atomic E-state index is 12.5. The van der Waals surface area contributed by atoms with Gasteiger partial charge in [0.25, 0.3) is 5.91 Å². The SMILES string of the molecule is CCCOc1ccc(Br)cc1C(=O)Nc1cc(Cl)ccc1Cl. The Morgan fingerprint density at radius 1 is 1.23 bits per heavy atom. The number of carbonyl (C=O) groups is 1. The third-order valence-electron chi connectivity index (χ3n) is 2.82. The van der Waals surface area contributed by atoms with Gasteiger partial charge >= 0.3 is 0 Å². The van der Waals surface area contributed by atoms with Crippen molar-refractivity contribution in [2.75, 3.05) is 11.9 Å². The zero-order chi connectivity index (χ0) is 16.1. The number of nitrogens with one attached hydrogen (secondary N) is 1. The van der Waals surface area contributed by atoms with Crippen molar-refractivity contribution in [3.8, 4) is 5.75 Å². The third kappa shape index (κ3) is 4.38. The van der Waals surface area contributed by atoms with Gasteiger partial charge < -0.3 is 10.1 Å². The van der Waals surface area contributed by atoms with Crippen molar-refractivity contribution >= 4 is 50.7 Å². The molecule has 1 N–H and O–H groups in total. The molecule has 0 aliphatic carbocycles. The first kappa shape index (κ1) is 17.1. The van der Waals surface area contributed by atoms with Crippen molar-refractivity contribution in [1.29, 1.82) is 0 Å². The largest absolute Gasteiger partial charge is 0.493 e. The number of hydrogen-bond donors (Lipinski definition) is 1. The average Bonchev–Trinajstić information content (AvgIpc) is 2.49. The van der Waals surface area contributed by atoms with Crippen molar-refractivity contribution < 1.29 is 9.53 Å². The molecular weight excluding hydrogens is 389 g/mol. The molecule has 2 aromatic rings. The Bertz CT molecular complexity index is 692. The molecule has 0 spiro atoms. The van der Waals surface area contributed by atoms with E-state index >= 15 is 0 Å². The summed E-state index contributed by atoms with van der Waals surface area (Å²) in [7, 11) is 0. The maximum Gasteiger partial charge on any atom is 0.259 e. The van der Waals surface area contributed by atoms with Gasteiger partial charge in [-0.05, 0) is 42.8 Å². The fourth-order valence-corrected chi connectivity index (χ4v) is 2.50. The number of benzene rings is 2. The Morgan fingerprint density at radius 3 is 2.73 bits per heavy atom. The first-order valence-corrected chi connectivity index (χ1v) is 8.25. The fourth-order valence-electron chi connectivity index (χ4n) is 1.80. The number of halogens is 3. The molecule has 0 saturated heterocycles. The van der Waals surface area contributed by atoms with Crippen LogP contribution in [0.5, 0.6) is 5.75 Å². The molecule has 3 nitrogen and oxygen atoms in total. The number of hydrogen-bond acceptors (Lipinski definition) is 2. The molecule has 0 fully saturated rings. The molecule has 0 unspecified atom stereocenters. The second-order valence-corrected chi connectivity index (χ2v) is 6.33. The molecule has 0 radical (unpaired) electrons. The molecule has 22 heavy (non-hydrogen) atoms. The molecule has 116 valence electrons. The topological polar surface area (TPSA) is 38.3 Å². The first-order valence-electron chi connectivity index (χ1n) is 6.70. The molecule has 0 aliphatic heterocycles. The van der Waals surface area contributed by atoms with Crippen molar-refractivity contribution in [2.24, 2.45) is 0 Å². The summed E-state index contributed by atoms with van der Waals surface area (Å²) >= 11 is 15.4. The van der Waals surface area contributed by atoms with Gasteiger partial charge in [0, 0.05) is 9.50 Å². The van der Waals surface area contributed by atoms with Crippen LogP contribution < -0.4 is 10.1 Å². The van der Waals surface area contributed by atoms with Crippen LogP contribution in [0.3, 0.4) is 0 Å². The summed E-state index contributed by atoms with van der Waals surface area (Å²) in [6, 6.07) is 10.2. The van der Waals surface area contributed by atoms with Crippen LogP contribution >= 0.6 is 39.1 Å². The molecule has 0 atom stereocenters. The number of amides is 1. The summed E-state index contributed by atoms with van der Waals surface area (Å²) in [5.74, 6) is 0.220. The predicted octanol–water partition coefficient (Wildman–Crippen LogP) is 5.80. The van der Waals surface area contributed by atoms with Crippen LogP contribution in [0, 0.1) is 0 Å². The van der Waals surface area contributed by atoms with Gasteiger partial charge in [-0.3, -0.25) is 4.79 Å². The molecule has 6 heteroatoms. The van der Waals surface area contributed by atoms with Crippen molar-refractivity contribution in [1.82, 2.24) is 0 Å². The monoisotopic (exact) mass is 401 g/mol. The number of anilines is 1. The second kappa shape index (κ2) is 7.86. The number of rotatable bonds is 5. The highest BCUT2D eigenvalue weighted by atomic mass is 79.9. The lowest BCUT2D eigenvalue weighted by molar-refractivity contribution is 0.102. The highest BCUT2D eigenvalue weighted by Gasteiger charge is 2.15. The van der Waals surface area contributed by atoms with E-state index < -0.39 is 0 Å². The molecule has 0 bridgehead atoms. The first-order chi connectivity index (χ1) is 10.5. The van der Waals surface area contributed by atoms with Gasteiger partial charge in [0.15, 0.2) is 0 Å². The molecule has 0 aliphatic rings. The van der Waals surface area contributed by atoms with Gasteiger partial charge in [-0.2, -0.15) is 0 Å². The van der Waals surface area contributed by atoms with Gasteiger partial charge in [-0.1, -0.05) is 46.1 Å². The van der Waals surface area contributed by atoms with Gasteiger partial charge in [0.1, 0.15) is 5.75 Å². The van der Waals surface area contributed by atoms with Crippen LogP contribution in [0.2, 0.25) is 10.0 Å². The Kier molecular flexibility index (Phi) is 6.12. The van der Waals surface area contributed by atoms with Gasteiger partial charge in [-0.25, -0.2) is 0 Å². The standard InChI is InChI=1S/C16H14BrCl2NO2/c1-2-7-22-15-6-3-10(17)8-12(15)16(21)20-14-9-11(18)4-5-13(14)19/h3-6,8-9H,2,7H2,1H3,(H,20,21). The van der Waals surface area contributed by atoms with Crippen LogP contribution in [0.4, 0.5) is 5.69 Å². The fraction of sp³-hybridized carbons (Fsp3) is 0.188. The zero-order valence-electron chi connectivity index (χ0n) is 11.8. The van der Waals surface area contributed by atoms with Gasteiger partial charge in [-0.15, -0.1) is 0 Å². The molecule has 0 saturated carbocycles. The molecule has 0 heterocycles. The Hall–Kier alpha value is -1.23. The highest BCUT2D eigenvalue weighted by Crippen LogP contribution is 2.28. The maximum atomic E-state index is 12.5. The van der Waals surface area contributed by atoms with Crippen LogP contribution in [0.25, 0.3) is 0 Å². The summed E-state index contributed by atoms with van der Waals surface area (Å²) in [5, 5.41) is 3.67. The van der Waals surface area contributed by atoms with Crippen molar-refractivity contribution in [3.05, 3.63) is 56.5 Å². The lowest BCUT2D eigenvalue weighted by Crippen LogP contribution is -2.14. The van der Waals surface area contributed by atoms with E-state index in [0.717, 1.165) is 10.9 Å². The quantitative estimate of drug-likeness (QED) is 0.686. The average molecular weight is 403 g/mol. The van der Waals surface area contributed by atoms with E-state index in [2.05, 4.69) is 21.2 Å². The van der Waals surface area contributed by atoms with Crippen molar-refractivity contribution in [2.45, 2.75) is 13.3 Å². The van der Waals surface area contributed by atoms with Gasteiger partial charge in [0.05, 0.1) is 22.9 Å². The van der Waals surface area contributed by atoms with Crippen LogP contribution in [0.1, 0.15) is 23.7 Å². The zero-order valence-corrected chi connectivity index (χ0v) is 14.9. The number of carbonyl (C=O) groups excluding carboxylic acids is 1. The lowest BCUT2D eigenvalue weighted by Gasteiger charge is -2.12. The van der Waals surface area contributed by atoms with E-state index in [-0.39, 0.29) is 5.91 Å². The van der Waals surface area contributed by atoms with E-state index in [1.165, 1.54) is 0 Å². The van der Waals surface area contributed by atoms with Gasteiger partial charge in [0.2, 0.25) is 0 Å². The van der Waals surface area contributed by atoms with Crippen molar-refractivity contribution in [3.63, 3.8) is 0 Å². The minimum Gasteiger partial charge on any atom is -0.493 e. The number of ether oxygens (including phenoxy) is 1. The second-order valence-electron chi connectivity index (χ2n) is 4.57. The summed E-state index contributed by atoms with van der Waals surface area (Å²) in [6.07, 6.45) is 0.858. The molecule has 2 rings (SSSR count). The summed E-state index contributed by atoms with van der Waals surface area (Å²) < 4.78 is 6.40. The Balaban J connectivity index is 2.28. The molecular formula is C16H14BrCl2NO2. The van der Waals surface area contributed by atoms with E-state index in [1.807, 2.05) is 13.0 Å². The Morgan fingerprint density at radius 2 is 2.00 bits per heavy atom. The van der Waals surface area contributed by atoms with E-state index in [9.17, 15) is 4.79 Å². The van der Waals surface area contributed by atoms with Crippen LogP contribution in [-0.4, -0.2) is 12.5 Å². The van der Waals surface area contributed by atoms with E-state index in [1.54, 1.807) is 30.3 Å². The Labute approximate surface area is 147 Å². The van der Waals surface area contributed by atoms with Crippen LogP contribution in [0.15, 0.2) is 40.9 Å². The smallest absolute Gasteiger partial charge is 0.259 e. The molecule has 1 amide bonds. The predicted molar refractivity (Wildman–Crippen MR) is 94.3 cm³/mol. The minimum absolute atomic E-state index is 0.309. The van der Waals surface area contributed by atoms with E-state index in [4.69, 9.17) is 27.9 Å². The third-order valence-corrected chi connectivity index (χ3v) is 3.88. The minimum atomic E-state index is -0.309. The highest BCUT2D eigenvalue weighted by molar-refractivity contribution is 9.10. The normalized spacial score (nSPS) is 10.4. The summed E-state index contributed by atoms with van der Waals surface area (Å²) in [6.45, 7) is 2.55.